The summed E-state index contributed by atoms with van der Waals surface area (Å²) in [5.74, 6) is 1.03. The molecular formula is C16H22N2O. The van der Waals surface area contributed by atoms with Crippen LogP contribution in [-0.2, 0) is 19.4 Å². The standard InChI is InChI=1S/C16H22N2O/c1-13(11-16-3-2-10-19-16)18-12-15-6-4-14(5-7-15)8-9-17/h2-7,10,13,18H,8-9,11-12,17H2,1H3. The second-order valence-electron chi connectivity index (χ2n) is 4.92. The fourth-order valence-corrected chi connectivity index (χ4v) is 2.09. The van der Waals surface area contributed by atoms with E-state index in [2.05, 4.69) is 36.5 Å². The molecule has 0 aliphatic rings. The summed E-state index contributed by atoms with van der Waals surface area (Å²) >= 11 is 0. The Morgan fingerprint density at radius 3 is 2.53 bits per heavy atom. The normalized spacial score (nSPS) is 12.5. The number of hydrogen-bond acceptors (Lipinski definition) is 3. The summed E-state index contributed by atoms with van der Waals surface area (Å²) in [6.45, 7) is 3.76. The molecule has 1 aromatic carbocycles. The monoisotopic (exact) mass is 258 g/mol. The van der Waals surface area contributed by atoms with Crippen molar-refractivity contribution in [3.05, 3.63) is 59.5 Å². The molecule has 3 nitrogen and oxygen atoms in total. The van der Waals surface area contributed by atoms with Gasteiger partial charge in [0.2, 0.25) is 0 Å². The second kappa shape index (κ2) is 7.12. The topological polar surface area (TPSA) is 51.2 Å². The van der Waals surface area contributed by atoms with Gasteiger partial charge in [-0.3, -0.25) is 0 Å². The smallest absolute Gasteiger partial charge is 0.105 e. The maximum Gasteiger partial charge on any atom is 0.105 e. The Morgan fingerprint density at radius 1 is 1.16 bits per heavy atom. The van der Waals surface area contributed by atoms with Gasteiger partial charge in [0.15, 0.2) is 0 Å². The zero-order valence-electron chi connectivity index (χ0n) is 11.4. The van der Waals surface area contributed by atoms with Gasteiger partial charge >= 0.3 is 0 Å². The van der Waals surface area contributed by atoms with Gasteiger partial charge < -0.3 is 15.5 Å². The molecule has 0 saturated carbocycles. The lowest BCUT2D eigenvalue weighted by Gasteiger charge is -2.12. The van der Waals surface area contributed by atoms with Crippen LogP contribution in [0.2, 0.25) is 0 Å². The van der Waals surface area contributed by atoms with Gasteiger partial charge in [-0.15, -0.1) is 0 Å². The van der Waals surface area contributed by atoms with Crippen molar-refractivity contribution < 1.29 is 4.42 Å². The van der Waals surface area contributed by atoms with E-state index in [4.69, 9.17) is 10.2 Å². The highest BCUT2D eigenvalue weighted by Gasteiger charge is 2.05. The number of nitrogens with two attached hydrogens (primary N) is 1. The molecule has 1 unspecified atom stereocenters. The molecule has 3 N–H and O–H groups in total. The van der Waals surface area contributed by atoms with E-state index in [0.29, 0.717) is 12.6 Å². The van der Waals surface area contributed by atoms with E-state index in [1.807, 2.05) is 12.1 Å². The minimum absolute atomic E-state index is 0.398. The maximum absolute atomic E-state index is 5.54. The van der Waals surface area contributed by atoms with E-state index < -0.39 is 0 Å². The van der Waals surface area contributed by atoms with Gasteiger partial charge in [-0.05, 0) is 43.1 Å². The van der Waals surface area contributed by atoms with Crippen molar-refractivity contribution >= 4 is 0 Å². The Morgan fingerprint density at radius 2 is 1.89 bits per heavy atom. The number of nitrogens with one attached hydrogen (secondary N) is 1. The van der Waals surface area contributed by atoms with Crippen molar-refractivity contribution in [3.63, 3.8) is 0 Å². The van der Waals surface area contributed by atoms with Crippen LogP contribution in [0.1, 0.15) is 23.8 Å². The lowest BCUT2D eigenvalue weighted by molar-refractivity contribution is 0.456. The summed E-state index contributed by atoms with van der Waals surface area (Å²) < 4.78 is 5.35. The highest BCUT2D eigenvalue weighted by Crippen LogP contribution is 2.07. The first-order chi connectivity index (χ1) is 9.28. The number of benzene rings is 1. The van der Waals surface area contributed by atoms with E-state index in [9.17, 15) is 0 Å². The SMILES string of the molecule is CC(Cc1ccco1)NCc1ccc(CCN)cc1. The van der Waals surface area contributed by atoms with Gasteiger partial charge in [-0.1, -0.05) is 24.3 Å². The summed E-state index contributed by atoms with van der Waals surface area (Å²) in [7, 11) is 0. The highest BCUT2D eigenvalue weighted by atomic mass is 16.3. The van der Waals surface area contributed by atoms with Crippen molar-refractivity contribution in [1.82, 2.24) is 5.32 Å². The first-order valence-electron chi connectivity index (χ1n) is 6.81. The van der Waals surface area contributed by atoms with Crippen molar-refractivity contribution in [2.75, 3.05) is 6.54 Å². The van der Waals surface area contributed by atoms with E-state index >= 15 is 0 Å². The van der Waals surface area contributed by atoms with E-state index in [-0.39, 0.29) is 0 Å². The molecule has 1 aromatic heterocycles. The van der Waals surface area contributed by atoms with Gasteiger partial charge in [0.25, 0.3) is 0 Å². The summed E-state index contributed by atoms with van der Waals surface area (Å²) in [6.07, 6.45) is 3.58. The Bertz CT molecular complexity index is 462. The number of furan rings is 1. The van der Waals surface area contributed by atoms with E-state index in [1.54, 1.807) is 6.26 Å². The van der Waals surface area contributed by atoms with Crippen molar-refractivity contribution in [2.45, 2.75) is 32.4 Å². The molecule has 3 heteroatoms. The Labute approximate surface area is 114 Å². The van der Waals surface area contributed by atoms with Crippen LogP contribution in [0.4, 0.5) is 0 Å². The molecule has 0 spiro atoms. The third-order valence-corrected chi connectivity index (χ3v) is 3.20. The third-order valence-electron chi connectivity index (χ3n) is 3.20. The zero-order valence-corrected chi connectivity index (χ0v) is 11.4. The zero-order chi connectivity index (χ0) is 13.5. The number of rotatable bonds is 7. The highest BCUT2D eigenvalue weighted by molar-refractivity contribution is 5.22. The van der Waals surface area contributed by atoms with Crippen molar-refractivity contribution in [3.8, 4) is 0 Å². The Balaban J connectivity index is 1.78. The molecule has 1 atom stereocenters. The number of hydrogen-bond donors (Lipinski definition) is 2. The molecule has 1 heterocycles. The summed E-state index contributed by atoms with van der Waals surface area (Å²) in [5.41, 5.74) is 8.14. The largest absolute Gasteiger partial charge is 0.469 e. The predicted molar refractivity (Wildman–Crippen MR) is 77.9 cm³/mol. The lowest BCUT2D eigenvalue weighted by Crippen LogP contribution is -2.27. The molecule has 0 saturated heterocycles. The van der Waals surface area contributed by atoms with E-state index in [1.165, 1.54) is 11.1 Å². The molecule has 0 fully saturated rings. The van der Waals surface area contributed by atoms with Crippen LogP contribution in [0.15, 0.2) is 47.1 Å². The Hall–Kier alpha value is -1.58. The molecule has 0 amide bonds. The fourth-order valence-electron chi connectivity index (χ4n) is 2.09. The van der Waals surface area contributed by atoms with Crippen LogP contribution in [0.3, 0.4) is 0 Å². The van der Waals surface area contributed by atoms with Gasteiger partial charge in [0.05, 0.1) is 6.26 Å². The molecule has 2 aromatic rings. The first-order valence-corrected chi connectivity index (χ1v) is 6.81. The molecule has 102 valence electrons. The predicted octanol–water partition coefficient (Wildman–Crippen LogP) is 2.50. The van der Waals surface area contributed by atoms with Crippen LogP contribution in [0.5, 0.6) is 0 Å². The van der Waals surface area contributed by atoms with Gasteiger partial charge in [-0.2, -0.15) is 0 Å². The van der Waals surface area contributed by atoms with Crippen LogP contribution in [0, 0.1) is 0 Å². The van der Waals surface area contributed by atoms with Gasteiger partial charge in [0, 0.05) is 19.0 Å². The van der Waals surface area contributed by atoms with E-state index in [0.717, 1.165) is 25.1 Å². The van der Waals surface area contributed by atoms with Gasteiger partial charge in [0.1, 0.15) is 5.76 Å². The average Bonchev–Trinajstić information content (AvgIpc) is 2.91. The quantitative estimate of drug-likeness (QED) is 0.802. The first kappa shape index (κ1) is 13.8. The Kier molecular flexibility index (Phi) is 5.19. The summed E-state index contributed by atoms with van der Waals surface area (Å²) in [4.78, 5) is 0. The van der Waals surface area contributed by atoms with Gasteiger partial charge in [-0.25, -0.2) is 0 Å². The van der Waals surface area contributed by atoms with Crippen LogP contribution >= 0.6 is 0 Å². The van der Waals surface area contributed by atoms with Crippen LogP contribution in [-0.4, -0.2) is 12.6 Å². The minimum atomic E-state index is 0.398. The average molecular weight is 258 g/mol. The minimum Gasteiger partial charge on any atom is -0.469 e. The van der Waals surface area contributed by atoms with Crippen molar-refractivity contribution in [2.24, 2.45) is 5.73 Å². The molecule has 0 aliphatic heterocycles. The second-order valence-corrected chi connectivity index (χ2v) is 4.92. The van der Waals surface area contributed by atoms with Crippen LogP contribution in [0.25, 0.3) is 0 Å². The maximum atomic E-state index is 5.54. The third kappa shape index (κ3) is 4.54. The molecule has 2 rings (SSSR count). The fraction of sp³-hybridized carbons (Fsp3) is 0.375. The van der Waals surface area contributed by atoms with Crippen molar-refractivity contribution in [1.29, 1.82) is 0 Å². The summed E-state index contributed by atoms with van der Waals surface area (Å²) in [6, 6.07) is 13.0. The summed E-state index contributed by atoms with van der Waals surface area (Å²) in [5, 5.41) is 3.50. The molecule has 0 bridgehead atoms. The molecule has 0 aliphatic carbocycles. The molecule has 19 heavy (non-hydrogen) atoms. The molecular weight excluding hydrogens is 236 g/mol. The molecule has 0 radical (unpaired) electrons. The lowest BCUT2D eigenvalue weighted by atomic mass is 10.1. The van der Waals surface area contributed by atoms with Crippen LogP contribution < -0.4 is 11.1 Å².